The molecule has 2 nitrogen and oxygen atoms in total. The lowest BCUT2D eigenvalue weighted by molar-refractivity contribution is 0.533. The topological polar surface area (TPSA) is 52.0 Å². The highest BCUT2D eigenvalue weighted by Crippen LogP contribution is 2.33. The first-order valence-corrected chi connectivity index (χ1v) is 25.5. The van der Waals surface area contributed by atoms with Gasteiger partial charge in [0.15, 0.2) is 0 Å². The van der Waals surface area contributed by atoms with Gasteiger partial charge < -0.3 is 11.5 Å². The third-order valence-corrected chi connectivity index (χ3v) is 13.3. The summed E-state index contributed by atoms with van der Waals surface area (Å²) in [4.78, 5) is 0. The monoisotopic (exact) mass is 813 g/mol. The maximum atomic E-state index is 6.03. The van der Waals surface area contributed by atoms with E-state index in [1.807, 2.05) is 0 Å². The Labute approximate surface area is 370 Å². The van der Waals surface area contributed by atoms with Crippen LogP contribution in [0, 0.1) is 0 Å². The highest BCUT2D eigenvalue weighted by molar-refractivity contribution is 5.44. The van der Waals surface area contributed by atoms with E-state index >= 15 is 0 Å². The maximum absolute atomic E-state index is 6.03. The maximum Gasteiger partial charge on any atom is 0.0314 e. The molecule has 2 heteroatoms. The molecule has 4 aromatic carbocycles. The molecule has 2 atom stereocenters. The Morgan fingerprint density at radius 2 is 0.517 bits per heavy atom. The second-order valence-electron chi connectivity index (χ2n) is 18.5. The van der Waals surface area contributed by atoms with E-state index in [1.165, 1.54) is 226 Å². The summed E-state index contributed by atoms with van der Waals surface area (Å²) in [5.41, 5.74) is 22.5. The van der Waals surface area contributed by atoms with E-state index in [0.29, 0.717) is 11.8 Å². The Bertz CT molecular complexity index is 1460. The normalized spacial score (nSPS) is 12.5. The van der Waals surface area contributed by atoms with Crippen molar-refractivity contribution in [1.82, 2.24) is 0 Å². The summed E-state index contributed by atoms with van der Waals surface area (Å²) >= 11 is 0. The van der Waals surface area contributed by atoms with Crippen molar-refractivity contribution in [3.63, 3.8) is 0 Å². The minimum Gasteiger partial charge on any atom is -0.399 e. The van der Waals surface area contributed by atoms with E-state index in [0.717, 1.165) is 11.4 Å². The summed E-state index contributed by atoms with van der Waals surface area (Å²) in [6.07, 6.45) is 40.5. The number of anilines is 2. The molecule has 0 spiro atoms. The smallest absolute Gasteiger partial charge is 0.0314 e. The summed E-state index contributed by atoms with van der Waals surface area (Å²) in [6, 6.07) is 36.5. The van der Waals surface area contributed by atoms with E-state index in [9.17, 15) is 0 Å². The average Bonchev–Trinajstić information content (AvgIpc) is 3.27. The highest BCUT2D eigenvalue weighted by atomic mass is 14.5. The Morgan fingerprint density at radius 3 is 0.800 bits per heavy atom. The van der Waals surface area contributed by atoms with Crippen LogP contribution in [0.25, 0.3) is 0 Å². The summed E-state index contributed by atoms with van der Waals surface area (Å²) in [5.74, 6) is 0.939. The quantitative estimate of drug-likeness (QED) is 0.0359. The van der Waals surface area contributed by atoms with E-state index in [-0.39, 0.29) is 0 Å². The number of hydrogen-bond donors (Lipinski definition) is 2. The second kappa shape index (κ2) is 31.3. The van der Waals surface area contributed by atoms with Crippen molar-refractivity contribution in [2.75, 3.05) is 11.5 Å². The van der Waals surface area contributed by atoms with Crippen LogP contribution in [0.3, 0.4) is 0 Å². The van der Waals surface area contributed by atoms with Crippen LogP contribution in [-0.4, -0.2) is 0 Å². The Hall–Kier alpha value is -3.52. The number of nitrogen functional groups attached to an aromatic ring is 2. The predicted molar refractivity (Wildman–Crippen MR) is 266 cm³/mol. The molecule has 0 aromatic heterocycles. The third kappa shape index (κ3) is 20.4. The third-order valence-electron chi connectivity index (χ3n) is 13.3. The van der Waals surface area contributed by atoms with Crippen LogP contribution >= 0.6 is 0 Å². The van der Waals surface area contributed by atoms with E-state index in [4.69, 9.17) is 11.5 Å². The van der Waals surface area contributed by atoms with E-state index in [2.05, 4.69) is 111 Å². The summed E-state index contributed by atoms with van der Waals surface area (Å²) in [7, 11) is 0. The minimum atomic E-state index is 0.470. The number of aryl methyl sites for hydroxylation is 2. The zero-order valence-corrected chi connectivity index (χ0v) is 38.8. The van der Waals surface area contributed by atoms with Gasteiger partial charge >= 0.3 is 0 Å². The number of rotatable bonds is 35. The van der Waals surface area contributed by atoms with Crippen molar-refractivity contribution in [3.05, 3.63) is 130 Å². The molecule has 0 aliphatic carbocycles. The Morgan fingerprint density at radius 1 is 0.283 bits per heavy atom. The molecule has 0 heterocycles. The molecule has 4 N–H and O–H groups in total. The molecule has 0 bridgehead atoms. The lowest BCUT2D eigenvalue weighted by Crippen LogP contribution is -2.02. The molecule has 0 radical (unpaired) electrons. The Balaban J connectivity index is 0.987. The van der Waals surface area contributed by atoms with Gasteiger partial charge in [0, 0.05) is 23.2 Å². The summed E-state index contributed by atoms with van der Waals surface area (Å²) in [5, 5.41) is 0. The van der Waals surface area contributed by atoms with E-state index in [1.54, 1.807) is 0 Å². The summed E-state index contributed by atoms with van der Waals surface area (Å²) < 4.78 is 0. The molecule has 0 fully saturated rings. The molecule has 2 unspecified atom stereocenters. The summed E-state index contributed by atoms with van der Waals surface area (Å²) in [6.45, 7) is 4.59. The van der Waals surface area contributed by atoms with Gasteiger partial charge in [0.2, 0.25) is 0 Å². The molecule has 4 aromatic rings. The molecular weight excluding hydrogens is 725 g/mol. The van der Waals surface area contributed by atoms with Crippen molar-refractivity contribution in [2.24, 2.45) is 0 Å². The van der Waals surface area contributed by atoms with Crippen LogP contribution in [-0.2, 0) is 12.8 Å². The van der Waals surface area contributed by atoms with Gasteiger partial charge in [-0.1, -0.05) is 241 Å². The molecule has 4 rings (SSSR count). The molecule has 60 heavy (non-hydrogen) atoms. The molecule has 330 valence electrons. The van der Waals surface area contributed by atoms with Crippen LogP contribution in [0.15, 0.2) is 97.1 Å². The van der Waals surface area contributed by atoms with Crippen molar-refractivity contribution < 1.29 is 0 Å². The molecule has 0 saturated carbocycles. The van der Waals surface area contributed by atoms with Gasteiger partial charge in [0.1, 0.15) is 0 Å². The Kier molecular flexibility index (Phi) is 25.7. The molecule has 0 aliphatic heterocycles. The number of benzene rings is 4. The SMILES string of the molecule is CCCCCCCCC(c1ccc(N)cc1)c1ccc(CCCCCCCCCCCCCCCCc2ccc(C(CCCCCCCC)c3ccc(N)cc3)cc2)cc1. The molecule has 0 amide bonds. The van der Waals surface area contributed by atoms with Crippen LogP contribution in [0.4, 0.5) is 11.4 Å². The van der Waals surface area contributed by atoms with Crippen molar-refractivity contribution in [2.45, 2.75) is 218 Å². The van der Waals surface area contributed by atoms with Gasteiger partial charge in [0.25, 0.3) is 0 Å². The molecular formula is C58H88N2. The van der Waals surface area contributed by atoms with Gasteiger partial charge in [0.05, 0.1) is 0 Å². The first kappa shape index (κ1) is 49.1. The number of hydrogen-bond acceptors (Lipinski definition) is 2. The molecule has 0 aliphatic rings. The van der Waals surface area contributed by atoms with Crippen molar-refractivity contribution in [3.8, 4) is 0 Å². The van der Waals surface area contributed by atoms with Gasteiger partial charge in [-0.25, -0.2) is 0 Å². The minimum absolute atomic E-state index is 0.470. The zero-order valence-electron chi connectivity index (χ0n) is 38.8. The van der Waals surface area contributed by atoms with Crippen LogP contribution < -0.4 is 11.5 Å². The van der Waals surface area contributed by atoms with Crippen LogP contribution in [0.2, 0.25) is 0 Å². The first-order valence-electron chi connectivity index (χ1n) is 25.5. The standard InChI is InChI=1S/C58H88N2/c1-3-5-7-9-23-27-31-57(53-41-45-55(59)46-42-53)51-37-33-49(34-38-51)29-25-21-19-17-15-13-11-12-14-16-18-20-22-26-30-50-35-39-52(40-36-50)58(32-28-24-10-8-6-4-2)54-43-47-56(60)48-44-54/h33-48,57-58H,3-32,59-60H2,1-2H3. The molecule has 0 saturated heterocycles. The van der Waals surface area contributed by atoms with E-state index < -0.39 is 0 Å². The number of nitrogens with two attached hydrogens (primary N) is 2. The average molecular weight is 813 g/mol. The lowest BCUT2D eigenvalue weighted by Gasteiger charge is -2.19. The van der Waals surface area contributed by atoms with Gasteiger partial charge in [-0.15, -0.1) is 0 Å². The fourth-order valence-electron chi connectivity index (χ4n) is 9.38. The fourth-order valence-corrected chi connectivity index (χ4v) is 9.38. The van der Waals surface area contributed by atoms with Crippen LogP contribution in [0.5, 0.6) is 0 Å². The van der Waals surface area contributed by atoms with Crippen molar-refractivity contribution in [1.29, 1.82) is 0 Å². The zero-order chi connectivity index (χ0) is 42.3. The largest absolute Gasteiger partial charge is 0.399 e. The van der Waals surface area contributed by atoms with Gasteiger partial charge in [-0.2, -0.15) is 0 Å². The first-order chi connectivity index (χ1) is 29.6. The fraction of sp³-hybridized carbons (Fsp3) is 0.586. The number of unbranched alkanes of at least 4 members (excludes halogenated alkanes) is 23. The highest BCUT2D eigenvalue weighted by Gasteiger charge is 2.16. The second-order valence-corrected chi connectivity index (χ2v) is 18.5. The van der Waals surface area contributed by atoms with Gasteiger partial charge in [-0.05, 0) is 96.2 Å². The van der Waals surface area contributed by atoms with Crippen molar-refractivity contribution >= 4 is 11.4 Å². The lowest BCUT2D eigenvalue weighted by atomic mass is 9.86. The predicted octanol–water partition coefficient (Wildman–Crippen LogP) is 17.9. The van der Waals surface area contributed by atoms with Gasteiger partial charge in [-0.3, -0.25) is 0 Å². The van der Waals surface area contributed by atoms with Crippen LogP contribution in [0.1, 0.15) is 239 Å².